The fourth-order valence-corrected chi connectivity index (χ4v) is 5.16. The second kappa shape index (κ2) is 7.90. The SMILES string of the molecule is [B]C([B])([B])c1ncn2c1c(N)nc1cnc(C(=O)N3CCC[C@@H]4Oc5cc(C(F)(F)F)ccc5[C@@H]43)cc12. The lowest BCUT2D eigenvalue weighted by atomic mass is 9.41. The van der Waals surface area contributed by atoms with Crippen molar-refractivity contribution in [1.29, 1.82) is 0 Å². The summed E-state index contributed by atoms with van der Waals surface area (Å²) in [6, 6.07) is 4.38. The molecule has 0 unspecified atom stereocenters. The summed E-state index contributed by atoms with van der Waals surface area (Å²) in [5.41, 5.74) is 7.24. The molecule has 3 aromatic heterocycles. The van der Waals surface area contributed by atoms with Gasteiger partial charge in [0.25, 0.3) is 5.91 Å². The number of likely N-dealkylation sites (tertiary alicyclic amines) is 1. The molecule has 8 nitrogen and oxygen atoms in total. The lowest BCUT2D eigenvalue weighted by Crippen LogP contribution is -2.44. The average Bonchev–Trinajstić information content (AvgIpc) is 3.45. The van der Waals surface area contributed by atoms with Crippen LogP contribution in [0.4, 0.5) is 19.0 Å². The number of ether oxygens (including phenoxy) is 1. The number of carbonyl (C=O) groups is 1. The molecule has 2 atom stereocenters. The van der Waals surface area contributed by atoms with Crippen molar-refractivity contribution in [2.45, 2.75) is 36.3 Å². The highest BCUT2D eigenvalue weighted by atomic mass is 19.4. The number of hydrogen-bond donors (Lipinski definition) is 1. The second-order valence-electron chi connectivity index (χ2n) is 9.29. The van der Waals surface area contributed by atoms with Gasteiger partial charge in [0, 0.05) is 12.1 Å². The van der Waals surface area contributed by atoms with Gasteiger partial charge in [-0.2, -0.15) is 13.2 Å². The summed E-state index contributed by atoms with van der Waals surface area (Å²) in [6.45, 7) is 0.393. The Bertz CT molecular complexity index is 1590. The van der Waals surface area contributed by atoms with Crippen LogP contribution >= 0.6 is 0 Å². The molecule has 1 fully saturated rings. The number of halogens is 3. The summed E-state index contributed by atoms with van der Waals surface area (Å²) in [6.07, 6.45) is -0.876. The van der Waals surface area contributed by atoms with Gasteiger partial charge < -0.3 is 15.4 Å². The van der Waals surface area contributed by atoms with Crippen LogP contribution in [0.25, 0.3) is 16.6 Å². The van der Waals surface area contributed by atoms with Crippen LogP contribution in [0.5, 0.6) is 5.75 Å². The monoisotopic (exact) mass is 498 g/mol. The summed E-state index contributed by atoms with van der Waals surface area (Å²) in [5.74, 6) is -0.176. The van der Waals surface area contributed by atoms with Crippen molar-refractivity contribution in [3.05, 3.63) is 59.3 Å². The third kappa shape index (κ3) is 3.72. The van der Waals surface area contributed by atoms with Gasteiger partial charge in [-0.15, -0.1) is 0 Å². The number of nitrogens with two attached hydrogens (primary N) is 1. The van der Waals surface area contributed by atoms with Crippen molar-refractivity contribution in [3.63, 3.8) is 0 Å². The van der Waals surface area contributed by atoms with E-state index in [0.717, 1.165) is 12.1 Å². The number of fused-ring (bicyclic) bond motifs is 6. The summed E-state index contributed by atoms with van der Waals surface area (Å²) >= 11 is 0. The van der Waals surface area contributed by atoms with Crippen molar-refractivity contribution in [2.24, 2.45) is 0 Å². The van der Waals surface area contributed by atoms with E-state index in [1.807, 2.05) is 0 Å². The number of aromatic nitrogens is 4. The predicted molar refractivity (Wildman–Crippen MR) is 131 cm³/mol. The number of rotatable bonds is 2. The Labute approximate surface area is 212 Å². The summed E-state index contributed by atoms with van der Waals surface area (Å²) in [4.78, 5) is 28.1. The third-order valence-corrected chi connectivity index (χ3v) is 6.78. The number of pyridine rings is 1. The van der Waals surface area contributed by atoms with Gasteiger partial charge in [0.2, 0.25) is 0 Å². The molecule has 1 aromatic carbocycles. The minimum atomic E-state index is -4.50. The van der Waals surface area contributed by atoms with E-state index in [4.69, 9.17) is 34.0 Å². The van der Waals surface area contributed by atoms with Crippen LogP contribution in [0.3, 0.4) is 0 Å². The zero-order valence-electron chi connectivity index (χ0n) is 19.2. The Hall–Kier alpha value is -3.70. The second-order valence-corrected chi connectivity index (χ2v) is 9.29. The van der Waals surface area contributed by atoms with Crippen molar-refractivity contribution < 1.29 is 22.7 Å². The number of alkyl halides is 3. The van der Waals surface area contributed by atoms with E-state index in [0.29, 0.717) is 41.5 Å². The van der Waals surface area contributed by atoms with Gasteiger partial charge >= 0.3 is 6.18 Å². The van der Waals surface area contributed by atoms with Gasteiger partial charge in [-0.25, -0.2) is 15.0 Å². The third-order valence-electron chi connectivity index (χ3n) is 6.78. The van der Waals surface area contributed by atoms with E-state index >= 15 is 0 Å². The first-order valence-electron chi connectivity index (χ1n) is 11.4. The first kappa shape index (κ1) is 23.7. The standard InChI is InChI=1S/C23H16B3F3N6O2/c24-22(25,26)19-18-20(30)33-13-8-31-12(7-14(13)35(18)9-32-19)21(36)34-5-1-2-15-17(34)11-4-3-10(23(27,28)29)6-16(11)37-15/h3-4,6-9,15,17H,1-2,5H2,(H2,30,33)/t15-,17-/m0/s1. The predicted octanol–water partition coefficient (Wildman–Crippen LogP) is 2.23. The van der Waals surface area contributed by atoms with Crippen molar-refractivity contribution >= 4 is 51.8 Å². The number of anilines is 1. The maximum Gasteiger partial charge on any atom is 0.416 e. The molecule has 2 aliphatic heterocycles. The highest BCUT2D eigenvalue weighted by molar-refractivity contribution is 6.59. The van der Waals surface area contributed by atoms with Crippen LogP contribution in [-0.2, 0) is 11.3 Å². The lowest BCUT2D eigenvalue weighted by molar-refractivity contribution is -0.137. The van der Waals surface area contributed by atoms with Gasteiger partial charge in [0.1, 0.15) is 40.7 Å². The van der Waals surface area contributed by atoms with E-state index < -0.39 is 34.9 Å². The molecular weight excluding hydrogens is 482 g/mol. The number of amides is 1. The van der Waals surface area contributed by atoms with Crippen LogP contribution < -0.4 is 10.5 Å². The molecule has 14 heteroatoms. The number of carbonyl (C=O) groups excluding carboxylic acids is 1. The number of benzene rings is 1. The van der Waals surface area contributed by atoms with Crippen molar-refractivity contribution in [1.82, 2.24) is 24.3 Å². The van der Waals surface area contributed by atoms with Crippen LogP contribution in [-0.4, -0.2) is 66.3 Å². The fraction of sp³-hybridized carbons (Fsp3) is 0.304. The number of piperidine rings is 1. The number of nitrogen functional groups attached to an aromatic ring is 1. The van der Waals surface area contributed by atoms with Crippen LogP contribution in [0.2, 0.25) is 0 Å². The quantitative estimate of drug-likeness (QED) is 0.426. The average molecular weight is 498 g/mol. The molecule has 0 bridgehead atoms. The van der Waals surface area contributed by atoms with Gasteiger partial charge in [0.15, 0.2) is 0 Å². The Morgan fingerprint density at radius 1 is 1.16 bits per heavy atom. The Kier molecular flexibility index (Phi) is 5.06. The topological polar surface area (TPSA) is 98.6 Å². The molecule has 1 amide bonds. The van der Waals surface area contributed by atoms with Crippen molar-refractivity contribution in [2.75, 3.05) is 12.3 Å². The smallest absolute Gasteiger partial charge is 0.416 e. The first-order valence-corrected chi connectivity index (χ1v) is 11.4. The molecular formula is C23H16B3F3N6O2. The van der Waals surface area contributed by atoms with Crippen LogP contribution in [0.1, 0.15) is 46.2 Å². The van der Waals surface area contributed by atoms with Crippen LogP contribution in [0, 0.1) is 0 Å². The number of hydrogen-bond acceptors (Lipinski definition) is 6. The van der Waals surface area contributed by atoms with E-state index in [2.05, 4.69) is 15.0 Å². The summed E-state index contributed by atoms with van der Waals surface area (Å²) in [5, 5.41) is -1.77. The molecule has 0 saturated carbocycles. The molecule has 6 radical (unpaired) electrons. The lowest BCUT2D eigenvalue weighted by Gasteiger charge is -2.36. The minimum Gasteiger partial charge on any atom is -0.488 e. The molecule has 0 spiro atoms. The molecule has 1 saturated heterocycles. The zero-order chi connectivity index (χ0) is 26.3. The first-order chi connectivity index (χ1) is 17.4. The van der Waals surface area contributed by atoms with Gasteiger partial charge in [-0.1, -0.05) is 11.2 Å². The van der Waals surface area contributed by atoms with E-state index in [9.17, 15) is 18.0 Å². The maximum atomic E-state index is 13.7. The Balaban J connectivity index is 1.41. The highest BCUT2D eigenvalue weighted by Crippen LogP contribution is 2.46. The highest BCUT2D eigenvalue weighted by Gasteiger charge is 2.44. The number of imidazole rings is 1. The molecule has 37 heavy (non-hydrogen) atoms. The fourth-order valence-electron chi connectivity index (χ4n) is 5.16. The molecule has 0 aliphatic carbocycles. The number of nitrogens with zero attached hydrogens (tertiary/aromatic N) is 5. The molecule has 4 aromatic rings. The summed E-state index contributed by atoms with van der Waals surface area (Å²) < 4.78 is 47.1. The Morgan fingerprint density at radius 2 is 1.95 bits per heavy atom. The van der Waals surface area contributed by atoms with Gasteiger partial charge in [-0.3, -0.25) is 9.20 Å². The minimum absolute atomic E-state index is 0.0865. The largest absolute Gasteiger partial charge is 0.488 e. The Morgan fingerprint density at radius 3 is 2.68 bits per heavy atom. The van der Waals surface area contributed by atoms with Crippen LogP contribution in [0.15, 0.2) is 36.8 Å². The summed E-state index contributed by atoms with van der Waals surface area (Å²) in [7, 11) is 17.5. The van der Waals surface area contributed by atoms with Gasteiger partial charge in [-0.05, 0) is 31.0 Å². The zero-order valence-corrected chi connectivity index (χ0v) is 19.2. The molecule has 6 rings (SSSR count). The normalized spacial score (nSPS) is 19.6. The van der Waals surface area contributed by atoms with Crippen molar-refractivity contribution in [3.8, 4) is 5.75 Å². The van der Waals surface area contributed by atoms with E-state index in [-0.39, 0.29) is 23.0 Å². The van der Waals surface area contributed by atoms with E-state index in [1.54, 1.807) is 15.4 Å². The maximum absolute atomic E-state index is 13.7. The molecule has 2 aliphatic rings. The molecule has 5 heterocycles. The molecule has 180 valence electrons. The van der Waals surface area contributed by atoms with Gasteiger partial charge in [0.05, 0.1) is 52.6 Å². The molecule has 2 N–H and O–H groups in total. The van der Waals surface area contributed by atoms with E-state index in [1.165, 1.54) is 18.6 Å².